The number of Topliss-reactive ketones (excluding diaryl/α,β-unsaturated/α-hetero) is 1. The van der Waals surface area contributed by atoms with Crippen LogP contribution in [0.5, 0.6) is 0 Å². The van der Waals surface area contributed by atoms with Crippen LogP contribution in [0.15, 0.2) is 16.6 Å². The Morgan fingerprint density at radius 3 is 2.15 bits per heavy atom. The Kier molecular flexibility index (Phi) is 2.99. The van der Waals surface area contributed by atoms with Crippen molar-refractivity contribution in [1.82, 2.24) is 0 Å². The van der Waals surface area contributed by atoms with Crippen LogP contribution in [0.1, 0.15) is 28.3 Å². The number of rotatable bonds is 2. The lowest BCUT2D eigenvalue weighted by molar-refractivity contribution is -0.363. The molecule has 9 heteroatoms. The first-order valence-corrected chi connectivity index (χ1v) is 5.15. The molecule has 0 bridgehead atoms. The Morgan fingerprint density at radius 2 is 1.65 bits per heavy atom. The van der Waals surface area contributed by atoms with E-state index in [4.69, 9.17) is 0 Å². The highest BCUT2D eigenvalue weighted by Crippen LogP contribution is 2.52. The zero-order valence-corrected chi connectivity index (χ0v) is 9.40. The number of carbonyl (C=O) groups excluding carboxylic acids is 1. The molecule has 1 aromatic heterocycles. The van der Waals surface area contributed by atoms with E-state index in [-0.39, 0.29) is 12.0 Å². The molecule has 20 heavy (non-hydrogen) atoms. The molecule has 0 unspecified atom stereocenters. The normalized spacial score (nSPS) is 16.4. The van der Waals surface area contributed by atoms with Gasteiger partial charge < -0.3 is 4.42 Å². The van der Waals surface area contributed by atoms with Gasteiger partial charge in [-0.05, 0) is 6.07 Å². The van der Waals surface area contributed by atoms with Gasteiger partial charge in [0.25, 0.3) is 0 Å². The summed E-state index contributed by atoms with van der Waals surface area (Å²) in [5.74, 6) is -15.3. The molecule has 0 aromatic carbocycles. The van der Waals surface area contributed by atoms with Gasteiger partial charge in [-0.3, -0.25) is 4.79 Å². The van der Waals surface area contributed by atoms with Crippen LogP contribution in [0.25, 0.3) is 6.08 Å². The lowest BCUT2D eigenvalue weighted by Gasteiger charge is -2.26. The minimum absolute atomic E-state index is 0.207. The smallest absolute Gasteiger partial charge is 0.451 e. The zero-order chi connectivity index (χ0) is 15.3. The Balaban J connectivity index is 2.51. The molecule has 0 spiro atoms. The molecule has 0 N–H and O–H groups in total. The molecule has 1 heterocycles. The van der Waals surface area contributed by atoms with Crippen molar-refractivity contribution in [2.24, 2.45) is 0 Å². The second-order valence-corrected chi connectivity index (χ2v) is 4.07. The Bertz CT molecular complexity index is 580. The van der Waals surface area contributed by atoms with Crippen LogP contribution in [-0.4, -0.2) is 17.9 Å². The molecule has 2 nitrogen and oxygen atoms in total. The third-order valence-corrected chi connectivity index (χ3v) is 2.67. The first kappa shape index (κ1) is 14.6. The van der Waals surface area contributed by atoms with Crippen LogP contribution < -0.4 is 0 Å². The largest absolute Gasteiger partial charge is 0.460 e. The maximum atomic E-state index is 13.3. The van der Waals surface area contributed by atoms with Gasteiger partial charge in [0, 0.05) is 12.0 Å². The summed E-state index contributed by atoms with van der Waals surface area (Å²) in [6.07, 6.45) is -4.28. The molecule has 0 saturated carbocycles. The average Bonchev–Trinajstić information content (AvgIpc) is 2.73. The quantitative estimate of drug-likeness (QED) is 0.768. The van der Waals surface area contributed by atoms with Crippen molar-refractivity contribution in [2.45, 2.75) is 24.4 Å². The third kappa shape index (κ3) is 1.92. The number of alkyl halides is 7. The number of hydrogen-bond acceptors (Lipinski definition) is 2. The van der Waals surface area contributed by atoms with Crippen molar-refractivity contribution < 1.29 is 39.9 Å². The van der Waals surface area contributed by atoms with E-state index in [1.165, 1.54) is 6.08 Å². The van der Waals surface area contributed by atoms with Crippen LogP contribution in [0.3, 0.4) is 0 Å². The lowest BCUT2D eigenvalue weighted by Crippen LogP contribution is -2.49. The molecule has 110 valence electrons. The second-order valence-electron chi connectivity index (χ2n) is 4.07. The van der Waals surface area contributed by atoms with Crippen molar-refractivity contribution >= 4 is 11.9 Å². The summed E-state index contributed by atoms with van der Waals surface area (Å²) >= 11 is 0. The molecule has 0 radical (unpaired) electrons. The molecular weight excluding hydrogens is 297 g/mol. The molecule has 0 aliphatic heterocycles. The summed E-state index contributed by atoms with van der Waals surface area (Å²) in [5, 5.41) is 0. The monoisotopic (exact) mass is 302 g/mol. The molecule has 1 aliphatic carbocycles. The highest BCUT2D eigenvalue weighted by Gasteiger charge is 2.75. The molecule has 2 rings (SSSR count). The molecule has 1 aliphatic rings. The number of halogens is 7. The van der Waals surface area contributed by atoms with Crippen LogP contribution in [0, 0.1) is 0 Å². The fraction of sp³-hybridized carbons (Fsp3) is 0.364. The maximum Gasteiger partial charge on any atom is 0.460 e. The molecule has 0 fully saturated rings. The molecule has 0 amide bonds. The number of hydrogen-bond donors (Lipinski definition) is 0. The van der Waals surface area contributed by atoms with Gasteiger partial charge in [-0.25, -0.2) is 0 Å². The van der Waals surface area contributed by atoms with E-state index in [2.05, 4.69) is 4.42 Å². The fourth-order valence-electron chi connectivity index (χ4n) is 1.62. The van der Waals surface area contributed by atoms with Crippen molar-refractivity contribution in [2.75, 3.05) is 0 Å². The van der Waals surface area contributed by atoms with Crippen molar-refractivity contribution in [1.29, 1.82) is 0 Å². The topological polar surface area (TPSA) is 30.2 Å². The van der Waals surface area contributed by atoms with E-state index in [1.807, 2.05) is 0 Å². The van der Waals surface area contributed by atoms with Gasteiger partial charge >= 0.3 is 18.0 Å². The number of carbonyl (C=O) groups is 1. The van der Waals surface area contributed by atoms with Crippen LogP contribution in [0.4, 0.5) is 30.7 Å². The van der Waals surface area contributed by atoms with E-state index in [0.29, 0.717) is 6.07 Å². The minimum Gasteiger partial charge on any atom is -0.451 e. The molecule has 0 atom stereocenters. The van der Waals surface area contributed by atoms with Crippen LogP contribution >= 0.6 is 0 Å². The number of fused-ring (bicyclic) bond motifs is 1. The standard InChI is InChI=1S/C11H5F7O2/c12-9(13,10(14,15)11(16,17)18)7-4-5-2-1-3-6(19)8(5)20-7/h1-2,4H,3H2. The van der Waals surface area contributed by atoms with Crippen molar-refractivity contribution in [3.8, 4) is 0 Å². The van der Waals surface area contributed by atoms with Gasteiger partial charge in [0.2, 0.25) is 5.78 Å². The minimum atomic E-state index is -6.45. The fourth-order valence-corrected chi connectivity index (χ4v) is 1.62. The molecular formula is C11H5F7O2. The SMILES string of the molecule is O=C1CC=Cc2cc(C(F)(F)C(F)(F)C(F)(F)F)oc21. The summed E-state index contributed by atoms with van der Waals surface area (Å²) in [7, 11) is 0. The number of ketones is 1. The van der Waals surface area contributed by atoms with E-state index in [1.54, 1.807) is 0 Å². The first-order chi connectivity index (χ1) is 8.98. The van der Waals surface area contributed by atoms with Gasteiger partial charge in [0.15, 0.2) is 11.5 Å². The van der Waals surface area contributed by atoms with Gasteiger partial charge in [-0.2, -0.15) is 30.7 Å². The molecule has 1 aromatic rings. The van der Waals surface area contributed by atoms with Crippen LogP contribution in [-0.2, 0) is 5.92 Å². The van der Waals surface area contributed by atoms with E-state index < -0.39 is 35.3 Å². The first-order valence-electron chi connectivity index (χ1n) is 5.15. The highest BCUT2D eigenvalue weighted by molar-refractivity contribution is 6.00. The Hall–Kier alpha value is -1.80. The predicted molar refractivity (Wildman–Crippen MR) is 51.6 cm³/mol. The maximum absolute atomic E-state index is 13.3. The van der Waals surface area contributed by atoms with Gasteiger partial charge in [0.1, 0.15) is 0 Å². The summed E-state index contributed by atoms with van der Waals surface area (Å²) < 4.78 is 92.6. The number of allylic oxidation sites excluding steroid dienone is 1. The number of furan rings is 1. The summed E-state index contributed by atoms with van der Waals surface area (Å²) in [4.78, 5) is 11.3. The van der Waals surface area contributed by atoms with Crippen molar-refractivity contribution in [3.63, 3.8) is 0 Å². The van der Waals surface area contributed by atoms with E-state index in [9.17, 15) is 35.5 Å². The second kappa shape index (κ2) is 4.10. The Labute approximate surface area is 106 Å². The summed E-state index contributed by atoms with van der Waals surface area (Å²) in [5.41, 5.74) is -0.256. The lowest BCUT2D eigenvalue weighted by atomic mass is 10.0. The molecule has 0 saturated heterocycles. The average molecular weight is 302 g/mol. The van der Waals surface area contributed by atoms with Gasteiger partial charge in [0.05, 0.1) is 0 Å². The Morgan fingerprint density at radius 1 is 1.05 bits per heavy atom. The van der Waals surface area contributed by atoms with E-state index in [0.717, 1.165) is 6.08 Å². The summed E-state index contributed by atoms with van der Waals surface area (Å²) in [6.45, 7) is 0. The van der Waals surface area contributed by atoms with E-state index >= 15 is 0 Å². The highest BCUT2D eigenvalue weighted by atomic mass is 19.4. The zero-order valence-electron chi connectivity index (χ0n) is 9.40. The van der Waals surface area contributed by atoms with Gasteiger partial charge in [-0.1, -0.05) is 12.2 Å². The van der Waals surface area contributed by atoms with Gasteiger partial charge in [-0.15, -0.1) is 0 Å². The summed E-state index contributed by atoms with van der Waals surface area (Å²) in [6, 6.07) is 0.308. The van der Waals surface area contributed by atoms with Crippen LogP contribution in [0.2, 0.25) is 0 Å². The third-order valence-electron chi connectivity index (χ3n) is 2.67. The van der Waals surface area contributed by atoms with Crippen molar-refractivity contribution in [3.05, 3.63) is 29.2 Å². The predicted octanol–water partition coefficient (Wildman–Crippen LogP) is 4.17.